The molecular weight excluding hydrogens is 362 g/mol. The van der Waals surface area contributed by atoms with Crippen LogP contribution in [0.1, 0.15) is 18.9 Å². The van der Waals surface area contributed by atoms with Crippen molar-refractivity contribution in [3.05, 3.63) is 47.9 Å². The molecule has 2 heterocycles. The average Bonchev–Trinajstić information content (AvgIpc) is 2.73. The van der Waals surface area contributed by atoms with E-state index in [0.717, 1.165) is 6.42 Å². The third-order valence-corrected chi connectivity index (χ3v) is 4.62. The van der Waals surface area contributed by atoms with E-state index in [0.29, 0.717) is 41.4 Å². The number of nitrogens with zero attached hydrogens (tertiary/aromatic N) is 3. The van der Waals surface area contributed by atoms with Crippen molar-refractivity contribution in [2.45, 2.75) is 19.6 Å². The van der Waals surface area contributed by atoms with Crippen LogP contribution < -0.4 is 19.3 Å². The van der Waals surface area contributed by atoms with Gasteiger partial charge >= 0.3 is 0 Å². The summed E-state index contributed by atoms with van der Waals surface area (Å²) in [6.45, 7) is 2.48. The molecule has 1 atom stereocenters. The molecule has 0 bridgehead atoms. The first-order valence-corrected chi connectivity index (χ1v) is 8.86. The van der Waals surface area contributed by atoms with E-state index in [-0.39, 0.29) is 11.5 Å². The number of ether oxygens (including phenoxy) is 2. The normalized spacial score (nSPS) is 15.9. The van der Waals surface area contributed by atoms with Crippen LogP contribution in [-0.4, -0.2) is 48.6 Å². The summed E-state index contributed by atoms with van der Waals surface area (Å²) in [6, 6.07) is 6.69. The number of amides is 1. The van der Waals surface area contributed by atoms with Gasteiger partial charge in [0.1, 0.15) is 5.70 Å². The number of aliphatic hydroxyl groups is 2. The fourth-order valence-corrected chi connectivity index (χ4v) is 3.40. The fourth-order valence-electron chi connectivity index (χ4n) is 3.40. The SMILES string of the molecule is CCCN1c2ccc(OC)c(OC)c2C(O)=C(N(C=O)c2ccncc2)C1O. The molecule has 1 aromatic heterocycles. The number of aliphatic hydroxyl groups excluding tert-OH is 2. The van der Waals surface area contributed by atoms with Crippen molar-refractivity contribution in [1.29, 1.82) is 0 Å². The molecule has 1 aromatic carbocycles. The molecule has 0 saturated heterocycles. The number of carbonyl (C=O) groups is 1. The van der Waals surface area contributed by atoms with Crippen molar-refractivity contribution in [1.82, 2.24) is 4.98 Å². The third kappa shape index (κ3) is 3.11. The molecule has 8 heteroatoms. The quantitative estimate of drug-likeness (QED) is 0.707. The van der Waals surface area contributed by atoms with Gasteiger partial charge in [-0.15, -0.1) is 0 Å². The summed E-state index contributed by atoms with van der Waals surface area (Å²) in [7, 11) is 2.97. The minimum atomic E-state index is -1.23. The summed E-state index contributed by atoms with van der Waals surface area (Å²) in [5.41, 5.74) is 1.45. The Hall–Kier alpha value is -3.26. The van der Waals surface area contributed by atoms with Crippen molar-refractivity contribution in [3.63, 3.8) is 0 Å². The number of hydrogen-bond acceptors (Lipinski definition) is 7. The minimum absolute atomic E-state index is 0.0358. The lowest BCUT2D eigenvalue weighted by Crippen LogP contribution is -2.46. The number of aromatic nitrogens is 1. The Labute approximate surface area is 163 Å². The van der Waals surface area contributed by atoms with Crippen LogP contribution >= 0.6 is 0 Å². The van der Waals surface area contributed by atoms with E-state index in [1.807, 2.05) is 6.92 Å². The first-order valence-electron chi connectivity index (χ1n) is 8.86. The van der Waals surface area contributed by atoms with Crippen LogP contribution in [0.5, 0.6) is 11.5 Å². The molecule has 0 radical (unpaired) electrons. The lowest BCUT2D eigenvalue weighted by Gasteiger charge is -2.40. The molecule has 1 unspecified atom stereocenters. The van der Waals surface area contributed by atoms with Crippen molar-refractivity contribution >= 4 is 23.5 Å². The number of pyridine rings is 1. The number of hydrogen-bond donors (Lipinski definition) is 2. The molecule has 1 amide bonds. The zero-order chi connectivity index (χ0) is 20.3. The van der Waals surface area contributed by atoms with Crippen LogP contribution in [0.3, 0.4) is 0 Å². The van der Waals surface area contributed by atoms with Gasteiger partial charge in [-0.1, -0.05) is 6.92 Å². The maximum absolute atomic E-state index is 11.9. The number of anilines is 2. The van der Waals surface area contributed by atoms with Crippen molar-refractivity contribution in [2.75, 3.05) is 30.6 Å². The van der Waals surface area contributed by atoms with Gasteiger partial charge in [0.2, 0.25) is 6.41 Å². The van der Waals surface area contributed by atoms with E-state index in [4.69, 9.17) is 9.47 Å². The van der Waals surface area contributed by atoms with Crippen LogP contribution in [0.2, 0.25) is 0 Å². The molecule has 3 rings (SSSR count). The predicted molar refractivity (Wildman–Crippen MR) is 106 cm³/mol. The van der Waals surface area contributed by atoms with Gasteiger partial charge in [0.05, 0.1) is 31.2 Å². The van der Waals surface area contributed by atoms with E-state index < -0.39 is 6.23 Å². The first kappa shape index (κ1) is 19.5. The van der Waals surface area contributed by atoms with Crippen LogP contribution in [0.25, 0.3) is 5.76 Å². The van der Waals surface area contributed by atoms with Crippen LogP contribution in [0.4, 0.5) is 11.4 Å². The zero-order valence-corrected chi connectivity index (χ0v) is 16.0. The molecule has 2 aromatic rings. The van der Waals surface area contributed by atoms with Crippen LogP contribution in [0, 0.1) is 0 Å². The average molecular weight is 385 g/mol. The molecule has 0 fully saturated rings. The summed E-state index contributed by atoms with van der Waals surface area (Å²) in [4.78, 5) is 18.8. The maximum Gasteiger partial charge on any atom is 0.218 e. The molecule has 2 N–H and O–H groups in total. The predicted octanol–water partition coefficient (Wildman–Crippen LogP) is 2.54. The largest absolute Gasteiger partial charge is 0.505 e. The van der Waals surface area contributed by atoms with E-state index in [9.17, 15) is 15.0 Å². The van der Waals surface area contributed by atoms with Gasteiger partial charge in [0, 0.05) is 18.9 Å². The van der Waals surface area contributed by atoms with E-state index in [1.165, 1.54) is 31.5 Å². The minimum Gasteiger partial charge on any atom is -0.505 e. The number of fused-ring (bicyclic) bond motifs is 1. The van der Waals surface area contributed by atoms with Crippen molar-refractivity contribution < 1.29 is 24.5 Å². The van der Waals surface area contributed by atoms with Gasteiger partial charge < -0.3 is 24.6 Å². The molecule has 148 valence electrons. The Kier molecular flexibility index (Phi) is 5.70. The number of benzene rings is 1. The molecule has 1 aliphatic heterocycles. The second kappa shape index (κ2) is 8.18. The Bertz CT molecular complexity index is 885. The van der Waals surface area contributed by atoms with Crippen LogP contribution in [-0.2, 0) is 4.79 Å². The number of rotatable bonds is 7. The highest BCUT2D eigenvalue weighted by Gasteiger charge is 2.38. The van der Waals surface area contributed by atoms with E-state index >= 15 is 0 Å². The fraction of sp³-hybridized carbons (Fsp3) is 0.300. The summed E-state index contributed by atoms with van der Waals surface area (Å²) in [5.74, 6) is 0.500. The van der Waals surface area contributed by atoms with Crippen LogP contribution in [0.15, 0.2) is 42.4 Å². The molecule has 0 saturated carbocycles. The standard InChI is InChI=1S/C20H23N3O5/c1-4-11-22-14-5-6-15(27-2)19(28-3)16(14)18(25)17(20(22)26)23(12-24)13-7-9-21-10-8-13/h5-10,12,20,25-26H,4,11H2,1-3H3. The molecule has 8 nitrogen and oxygen atoms in total. The van der Waals surface area contributed by atoms with Gasteiger partial charge in [-0.2, -0.15) is 0 Å². The third-order valence-electron chi connectivity index (χ3n) is 4.62. The second-order valence-electron chi connectivity index (χ2n) is 6.18. The Morgan fingerprint density at radius 2 is 1.93 bits per heavy atom. The Morgan fingerprint density at radius 1 is 1.21 bits per heavy atom. The topological polar surface area (TPSA) is 95.4 Å². The van der Waals surface area contributed by atoms with Crippen molar-refractivity contribution in [2.24, 2.45) is 0 Å². The summed E-state index contributed by atoms with van der Waals surface area (Å²) in [6.07, 6.45) is 3.12. The summed E-state index contributed by atoms with van der Waals surface area (Å²) >= 11 is 0. The molecule has 28 heavy (non-hydrogen) atoms. The van der Waals surface area contributed by atoms with Crippen molar-refractivity contribution in [3.8, 4) is 11.5 Å². The monoisotopic (exact) mass is 385 g/mol. The summed E-state index contributed by atoms with van der Waals surface area (Å²) in [5, 5.41) is 22.2. The lowest BCUT2D eigenvalue weighted by atomic mass is 9.99. The molecule has 0 aliphatic carbocycles. The number of carbonyl (C=O) groups excluding carboxylic acids is 1. The second-order valence-corrected chi connectivity index (χ2v) is 6.18. The Balaban J connectivity index is 2.29. The maximum atomic E-state index is 11.9. The van der Waals surface area contributed by atoms with E-state index in [2.05, 4.69) is 4.98 Å². The Morgan fingerprint density at radius 3 is 2.50 bits per heavy atom. The number of methoxy groups -OCH3 is 2. The first-order chi connectivity index (χ1) is 13.6. The van der Waals surface area contributed by atoms with Gasteiger partial charge in [-0.25, -0.2) is 0 Å². The highest BCUT2D eigenvalue weighted by molar-refractivity contribution is 5.91. The molecule has 0 spiro atoms. The smallest absolute Gasteiger partial charge is 0.218 e. The molecular formula is C20H23N3O5. The van der Waals surface area contributed by atoms with E-state index in [1.54, 1.807) is 29.2 Å². The van der Waals surface area contributed by atoms with Gasteiger partial charge in [0.25, 0.3) is 0 Å². The summed E-state index contributed by atoms with van der Waals surface area (Å²) < 4.78 is 10.8. The van der Waals surface area contributed by atoms with Gasteiger partial charge in [0.15, 0.2) is 23.5 Å². The highest BCUT2D eigenvalue weighted by atomic mass is 16.5. The molecule has 1 aliphatic rings. The van der Waals surface area contributed by atoms with Gasteiger partial charge in [-0.3, -0.25) is 14.7 Å². The lowest BCUT2D eigenvalue weighted by molar-refractivity contribution is -0.107. The van der Waals surface area contributed by atoms with Gasteiger partial charge in [-0.05, 0) is 30.7 Å². The zero-order valence-electron chi connectivity index (χ0n) is 16.0. The highest BCUT2D eigenvalue weighted by Crippen LogP contribution is 2.46.